The number of ether oxygens (including phenoxy) is 1. The minimum atomic E-state index is -0.852. The van der Waals surface area contributed by atoms with Crippen molar-refractivity contribution in [1.29, 1.82) is 0 Å². The van der Waals surface area contributed by atoms with Crippen molar-refractivity contribution in [2.24, 2.45) is 0 Å². The Morgan fingerprint density at radius 1 is 1.18 bits per heavy atom. The van der Waals surface area contributed by atoms with Crippen LogP contribution >= 0.6 is 23.1 Å². The Bertz CT molecular complexity index is 2090. The Hall–Kier alpha value is -4.26. The number of benzene rings is 2. The maximum atomic E-state index is 14.5. The van der Waals surface area contributed by atoms with E-state index in [-0.39, 0.29) is 23.5 Å². The molecule has 3 atom stereocenters. The van der Waals surface area contributed by atoms with Crippen molar-refractivity contribution >= 4 is 62.6 Å². The van der Waals surface area contributed by atoms with Crippen molar-refractivity contribution in [1.82, 2.24) is 34.1 Å². The molecule has 2 aromatic carbocycles. The smallest absolute Gasteiger partial charge is 0.319 e. The van der Waals surface area contributed by atoms with Crippen molar-refractivity contribution in [2.75, 3.05) is 44.7 Å². The van der Waals surface area contributed by atoms with Crippen molar-refractivity contribution in [3.8, 4) is 17.3 Å². The van der Waals surface area contributed by atoms with E-state index in [0.29, 0.717) is 59.9 Å². The lowest BCUT2D eigenvalue weighted by molar-refractivity contribution is -0.124. The van der Waals surface area contributed by atoms with Gasteiger partial charge in [0, 0.05) is 67.4 Å². The predicted molar refractivity (Wildman–Crippen MR) is 191 cm³/mol. The van der Waals surface area contributed by atoms with Crippen molar-refractivity contribution in [2.45, 2.75) is 50.4 Å². The van der Waals surface area contributed by atoms with E-state index < -0.39 is 6.17 Å². The molecule has 1 amide bonds. The molecule has 0 N–H and O–H groups in total. The molecule has 0 bridgehead atoms. The number of pyridine rings is 1. The molecule has 252 valence electrons. The first-order valence-corrected chi connectivity index (χ1v) is 17.8. The summed E-state index contributed by atoms with van der Waals surface area (Å²) in [5, 5.41) is 4.08. The highest BCUT2D eigenvalue weighted by Crippen LogP contribution is 2.41. The normalized spacial score (nSPS) is 22.5. The lowest BCUT2D eigenvalue weighted by Gasteiger charge is -2.31. The number of carbonyl (C=O) groups is 1. The van der Waals surface area contributed by atoms with Crippen LogP contribution in [-0.4, -0.2) is 97.6 Å². The van der Waals surface area contributed by atoms with Gasteiger partial charge in [-0.15, -0.1) is 0 Å². The molecule has 0 unspecified atom stereocenters. The molecule has 0 radical (unpaired) electrons. The number of alkyl halides is 1. The van der Waals surface area contributed by atoms with E-state index in [4.69, 9.17) is 31.3 Å². The van der Waals surface area contributed by atoms with Crippen LogP contribution in [0.4, 0.5) is 10.2 Å². The average Bonchev–Trinajstić information content (AvgIpc) is 3.90. The Kier molecular flexibility index (Phi) is 8.41. The molecule has 3 saturated heterocycles. The Morgan fingerprint density at radius 3 is 2.88 bits per heavy atom. The largest absolute Gasteiger partial charge is 0.461 e. The van der Waals surface area contributed by atoms with Crippen LogP contribution in [0.25, 0.3) is 39.0 Å². The molecule has 3 aliphatic rings. The van der Waals surface area contributed by atoms with Crippen LogP contribution in [0, 0.1) is 6.92 Å². The predicted octanol–water partition coefficient (Wildman–Crippen LogP) is 6.36. The molecule has 0 spiro atoms. The first kappa shape index (κ1) is 32.0. The number of nitrogens with zero attached hydrogens (tertiary/aromatic N) is 8. The fraction of sp³-hybridized carbons (Fsp3) is 0.389. The van der Waals surface area contributed by atoms with E-state index in [1.807, 2.05) is 67.5 Å². The Balaban J connectivity index is 1.12. The first-order chi connectivity index (χ1) is 23.8. The van der Waals surface area contributed by atoms with Crippen LogP contribution in [0.3, 0.4) is 0 Å². The van der Waals surface area contributed by atoms with Crippen LogP contribution in [0.2, 0.25) is 5.02 Å². The van der Waals surface area contributed by atoms with Gasteiger partial charge in [0.2, 0.25) is 5.91 Å². The second-order valence-electron chi connectivity index (χ2n) is 13.3. The van der Waals surface area contributed by atoms with E-state index in [1.165, 1.54) is 11.5 Å². The molecule has 5 aromatic rings. The van der Waals surface area contributed by atoms with Gasteiger partial charge in [-0.05, 0) is 67.9 Å². The van der Waals surface area contributed by atoms with Gasteiger partial charge in [0.05, 0.1) is 22.1 Å². The van der Waals surface area contributed by atoms with Gasteiger partial charge < -0.3 is 14.5 Å². The summed E-state index contributed by atoms with van der Waals surface area (Å²) >= 11 is 7.96. The number of amides is 1. The average molecular weight is 699 g/mol. The molecule has 3 aliphatic heterocycles. The van der Waals surface area contributed by atoms with Crippen molar-refractivity contribution < 1.29 is 13.9 Å². The maximum Gasteiger partial charge on any atom is 0.319 e. The number of anilines is 1. The number of aromatic nitrogens is 5. The number of fused-ring (bicyclic) bond motifs is 3. The lowest BCUT2D eigenvalue weighted by atomic mass is 9.95. The maximum absolute atomic E-state index is 14.5. The zero-order valence-electron chi connectivity index (χ0n) is 27.4. The second kappa shape index (κ2) is 12.9. The number of rotatable bonds is 8. The number of carbonyl (C=O) groups excluding carboxylic acids is 1. The Labute approximate surface area is 292 Å². The topological polar surface area (TPSA) is 100 Å². The minimum absolute atomic E-state index is 0.00895. The number of halogens is 2. The first-order valence-electron chi connectivity index (χ1n) is 16.6. The van der Waals surface area contributed by atoms with Crippen LogP contribution in [0.15, 0.2) is 54.7 Å². The van der Waals surface area contributed by atoms with E-state index in [0.717, 1.165) is 53.2 Å². The third kappa shape index (κ3) is 6.10. The summed E-state index contributed by atoms with van der Waals surface area (Å²) in [6.07, 6.45) is 7.39. The van der Waals surface area contributed by atoms with Crippen LogP contribution < -0.4 is 9.64 Å². The summed E-state index contributed by atoms with van der Waals surface area (Å²) < 4.78 is 25.1. The fourth-order valence-corrected chi connectivity index (χ4v) is 8.54. The summed E-state index contributed by atoms with van der Waals surface area (Å²) in [5.41, 5.74) is 1.98. The van der Waals surface area contributed by atoms with Gasteiger partial charge in [-0.3, -0.25) is 14.7 Å². The van der Waals surface area contributed by atoms with Gasteiger partial charge in [0.1, 0.15) is 29.4 Å². The van der Waals surface area contributed by atoms with Gasteiger partial charge >= 0.3 is 6.01 Å². The van der Waals surface area contributed by atoms with Crippen LogP contribution in [0.5, 0.6) is 6.01 Å². The van der Waals surface area contributed by atoms with E-state index in [9.17, 15) is 9.18 Å². The molecule has 49 heavy (non-hydrogen) atoms. The summed E-state index contributed by atoms with van der Waals surface area (Å²) in [6.45, 7) is 4.64. The number of likely N-dealkylation sites (N-methyl/N-ethyl adjacent to an activating group) is 1. The quantitative estimate of drug-likeness (QED) is 0.171. The van der Waals surface area contributed by atoms with Gasteiger partial charge in [-0.1, -0.05) is 41.9 Å². The second-order valence-corrected chi connectivity index (χ2v) is 14.5. The molecule has 0 aliphatic carbocycles. The van der Waals surface area contributed by atoms with Crippen LogP contribution in [0.1, 0.15) is 36.5 Å². The molecule has 3 aromatic heterocycles. The number of hydrogen-bond acceptors (Lipinski definition) is 10. The zero-order valence-corrected chi connectivity index (χ0v) is 28.9. The van der Waals surface area contributed by atoms with Gasteiger partial charge in [0.25, 0.3) is 0 Å². The minimum Gasteiger partial charge on any atom is -0.461 e. The highest BCUT2D eigenvalue weighted by atomic mass is 35.5. The highest BCUT2D eigenvalue weighted by molar-refractivity contribution is 7.06. The van der Waals surface area contributed by atoms with Crippen molar-refractivity contribution in [3.63, 3.8) is 0 Å². The van der Waals surface area contributed by atoms with Gasteiger partial charge in [-0.2, -0.15) is 14.3 Å². The molecule has 10 nitrogen and oxygen atoms in total. The lowest BCUT2D eigenvalue weighted by Crippen LogP contribution is -2.43. The molecule has 6 heterocycles. The third-order valence-corrected chi connectivity index (χ3v) is 11.3. The monoisotopic (exact) mass is 698 g/mol. The molecular formula is C36H36ClFN8O2S. The third-order valence-electron chi connectivity index (χ3n) is 10.2. The Morgan fingerprint density at radius 2 is 2.04 bits per heavy atom. The highest BCUT2D eigenvalue weighted by Gasteiger charge is 2.49. The molecule has 8 rings (SSSR count). The molecule has 0 saturated carbocycles. The van der Waals surface area contributed by atoms with E-state index in [2.05, 4.69) is 19.2 Å². The number of aryl methyl sites for hydroxylation is 1. The SMILES string of the molecule is Cc1nsc(/C=C/C(=O)N2CC[C@@H](N(C)c3nc(OC[C@@]45CCCN4C[C@H](F)C5)nc4cc(-c5cccc6cccc(Cl)c56)ncc34)C2)n1. The van der Waals surface area contributed by atoms with Crippen molar-refractivity contribution in [3.05, 3.63) is 70.6 Å². The number of hydrogen-bond donors (Lipinski definition) is 0. The molecule has 3 fully saturated rings. The summed E-state index contributed by atoms with van der Waals surface area (Å²) in [6, 6.07) is 14.1. The number of likely N-dealkylation sites (tertiary alicyclic amines) is 1. The summed E-state index contributed by atoms with van der Waals surface area (Å²) in [4.78, 5) is 38.3. The summed E-state index contributed by atoms with van der Waals surface area (Å²) in [7, 11) is 1.99. The van der Waals surface area contributed by atoms with E-state index >= 15 is 0 Å². The molecule has 13 heteroatoms. The zero-order chi connectivity index (χ0) is 33.7. The summed E-state index contributed by atoms with van der Waals surface area (Å²) in [5.74, 6) is 1.30. The molecular weight excluding hydrogens is 663 g/mol. The van der Waals surface area contributed by atoms with Gasteiger partial charge in [0.15, 0.2) is 0 Å². The van der Waals surface area contributed by atoms with Crippen LogP contribution in [-0.2, 0) is 4.79 Å². The standard InChI is InChI=1S/C36H36ClFN8O2S/c1-22-40-31(49-43-22)10-11-32(47)45-15-12-25(20-45)44(2)34-27-18-39-29(26-8-3-6-23-7-4-9-28(37)33(23)26)16-30(27)41-35(42-34)48-21-36-13-5-14-46(36)19-24(38)17-36/h3-4,6-11,16,18,24-25H,5,12-15,17,19-21H2,1-2H3/b11-10+/t24-,25-,36+/m1/s1. The van der Waals surface area contributed by atoms with Gasteiger partial charge in [-0.25, -0.2) is 9.37 Å². The fourth-order valence-electron chi connectivity index (χ4n) is 7.69. The van der Waals surface area contributed by atoms with E-state index in [1.54, 1.807) is 12.2 Å².